The van der Waals surface area contributed by atoms with Gasteiger partial charge in [-0.15, -0.1) is 0 Å². The van der Waals surface area contributed by atoms with Crippen LogP contribution in [-0.4, -0.2) is 21.0 Å². The van der Waals surface area contributed by atoms with Crippen molar-refractivity contribution in [3.63, 3.8) is 0 Å². The van der Waals surface area contributed by atoms with Crippen LogP contribution in [0.15, 0.2) is 30.5 Å². The summed E-state index contributed by atoms with van der Waals surface area (Å²) in [5, 5.41) is 12.3. The third-order valence-electron chi connectivity index (χ3n) is 2.65. The molecule has 104 valence electrons. The SMILES string of the molecule is CC(C)c1ncc(Nc2ccc(I)cc2)c(C(=O)O)n1. The lowest BCUT2D eigenvalue weighted by Crippen LogP contribution is -2.10. The van der Waals surface area contributed by atoms with Gasteiger partial charge in [0.2, 0.25) is 0 Å². The van der Waals surface area contributed by atoms with E-state index >= 15 is 0 Å². The number of carbonyl (C=O) groups is 1. The first kappa shape index (κ1) is 14.7. The standard InChI is InChI=1S/C14H14IN3O2/c1-8(2)13-16-7-11(12(18-13)14(19)20)17-10-5-3-9(15)4-6-10/h3-8,17H,1-2H3,(H,19,20). The quantitative estimate of drug-likeness (QED) is 0.789. The second-order valence-corrected chi connectivity index (χ2v) is 5.83. The van der Waals surface area contributed by atoms with Gasteiger partial charge in [0.05, 0.1) is 11.9 Å². The molecule has 0 aliphatic heterocycles. The van der Waals surface area contributed by atoms with Gasteiger partial charge in [-0.25, -0.2) is 14.8 Å². The Morgan fingerprint density at radius 3 is 2.50 bits per heavy atom. The van der Waals surface area contributed by atoms with Crippen molar-refractivity contribution in [1.29, 1.82) is 0 Å². The van der Waals surface area contributed by atoms with Crippen molar-refractivity contribution in [1.82, 2.24) is 9.97 Å². The highest BCUT2D eigenvalue weighted by Gasteiger charge is 2.15. The lowest BCUT2D eigenvalue weighted by atomic mass is 10.2. The number of hydrogen-bond acceptors (Lipinski definition) is 4. The maximum atomic E-state index is 11.3. The number of benzene rings is 1. The molecule has 0 bridgehead atoms. The van der Waals surface area contributed by atoms with E-state index in [-0.39, 0.29) is 11.6 Å². The van der Waals surface area contributed by atoms with Gasteiger partial charge in [0.25, 0.3) is 0 Å². The second kappa shape index (κ2) is 6.17. The molecule has 0 fully saturated rings. The highest BCUT2D eigenvalue weighted by atomic mass is 127. The summed E-state index contributed by atoms with van der Waals surface area (Å²) in [7, 11) is 0. The molecule has 0 aliphatic carbocycles. The summed E-state index contributed by atoms with van der Waals surface area (Å²) in [5.41, 5.74) is 1.18. The largest absolute Gasteiger partial charge is 0.476 e. The number of aromatic nitrogens is 2. The van der Waals surface area contributed by atoms with Crippen molar-refractivity contribution in [3.05, 3.63) is 45.6 Å². The molecule has 6 heteroatoms. The summed E-state index contributed by atoms with van der Waals surface area (Å²) >= 11 is 2.21. The molecule has 0 spiro atoms. The van der Waals surface area contributed by atoms with E-state index in [9.17, 15) is 9.90 Å². The molecular formula is C14H14IN3O2. The number of nitrogens with zero attached hydrogens (tertiary/aromatic N) is 2. The lowest BCUT2D eigenvalue weighted by molar-refractivity contribution is 0.0691. The molecule has 20 heavy (non-hydrogen) atoms. The van der Waals surface area contributed by atoms with Crippen LogP contribution in [0.5, 0.6) is 0 Å². The fourth-order valence-electron chi connectivity index (χ4n) is 1.62. The molecule has 0 atom stereocenters. The Labute approximate surface area is 130 Å². The fraction of sp³-hybridized carbons (Fsp3) is 0.214. The summed E-state index contributed by atoms with van der Waals surface area (Å²) in [6.07, 6.45) is 1.52. The average Bonchev–Trinajstić information content (AvgIpc) is 2.41. The van der Waals surface area contributed by atoms with E-state index in [1.807, 2.05) is 38.1 Å². The van der Waals surface area contributed by atoms with Crippen LogP contribution >= 0.6 is 22.6 Å². The summed E-state index contributed by atoms with van der Waals surface area (Å²) in [6.45, 7) is 3.85. The van der Waals surface area contributed by atoms with Gasteiger partial charge >= 0.3 is 5.97 Å². The maximum Gasteiger partial charge on any atom is 0.356 e. The minimum atomic E-state index is -1.07. The van der Waals surface area contributed by atoms with Gasteiger partial charge in [0, 0.05) is 15.2 Å². The van der Waals surface area contributed by atoms with Crippen molar-refractivity contribution in [2.75, 3.05) is 5.32 Å². The van der Waals surface area contributed by atoms with Crippen LogP contribution in [0.25, 0.3) is 0 Å². The highest BCUT2D eigenvalue weighted by Crippen LogP contribution is 2.21. The topological polar surface area (TPSA) is 75.1 Å². The molecule has 0 amide bonds. The summed E-state index contributed by atoms with van der Waals surface area (Å²) in [6, 6.07) is 7.63. The highest BCUT2D eigenvalue weighted by molar-refractivity contribution is 14.1. The zero-order chi connectivity index (χ0) is 14.7. The first-order chi connectivity index (χ1) is 9.47. The van der Waals surface area contributed by atoms with Crippen molar-refractivity contribution in [3.8, 4) is 0 Å². The van der Waals surface area contributed by atoms with E-state index in [1.165, 1.54) is 6.20 Å². The van der Waals surface area contributed by atoms with E-state index in [0.717, 1.165) is 9.26 Å². The van der Waals surface area contributed by atoms with Crippen molar-refractivity contribution in [2.45, 2.75) is 19.8 Å². The Balaban J connectivity index is 2.35. The number of carboxylic acids is 1. The third-order valence-corrected chi connectivity index (χ3v) is 3.37. The Morgan fingerprint density at radius 1 is 1.30 bits per heavy atom. The van der Waals surface area contributed by atoms with Crippen molar-refractivity contribution in [2.24, 2.45) is 0 Å². The van der Waals surface area contributed by atoms with E-state index in [0.29, 0.717) is 11.5 Å². The molecule has 5 nitrogen and oxygen atoms in total. The molecule has 1 aromatic carbocycles. The molecule has 0 radical (unpaired) electrons. The maximum absolute atomic E-state index is 11.3. The molecule has 1 heterocycles. The normalized spacial score (nSPS) is 10.6. The third kappa shape index (κ3) is 3.44. The van der Waals surface area contributed by atoms with Crippen LogP contribution in [0.3, 0.4) is 0 Å². The van der Waals surface area contributed by atoms with Gasteiger partial charge < -0.3 is 10.4 Å². The van der Waals surface area contributed by atoms with Gasteiger partial charge in [-0.05, 0) is 46.9 Å². The van der Waals surface area contributed by atoms with E-state index < -0.39 is 5.97 Å². The summed E-state index contributed by atoms with van der Waals surface area (Å²) in [5.74, 6) is -0.460. The van der Waals surface area contributed by atoms with E-state index in [2.05, 4.69) is 37.9 Å². The van der Waals surface area contributed by atoms with Gasteiger partial charge in [-0.3, -0.25) is 0 Å². The van der Waals surface area contributed by atoms with Gasteiger partial charge in [-0.1, -0.05) is 13.8 Å². The molecule has 1 aromatic heterocycles. The molecule has 2 rings (SSSR count). The zero-order valence-corrected chi connectivity index (χ0v) is 13.2. The van der Waals surface area contributed by atoms with Crippen LogP contribution in [0.1, 0.15) is 36.1 Å². The predicted octanol–water partition coefficient (Wildman–Crippen LogP) is 3.65. The molecular weight excluding hydrogens is 369 g/mol. The number of rotatable bonds is 4. The minimum Gasteiger partial charge on any atom is -0.476 e. The molecule has 2 N–H and O–H groups in total. The van der Waals surface area contributed by atoms with E-state index in [1.54, 1.807) is 0 Å². The second-order valence-electron chi connectivity index (χ2n) is 4.58. The predicted molar refractivity (Wildman–Crippen MR) is 85.5 cm³/mol. The fourth-order valence-corrected chi connectivity index (χ4v) is 1.98. The van der Waals surface area contributed by atoms with Crippen LogP contribution in [0.4, 0.5) is 11.4 Å². The molecule has 0 aliphatic rings. The number of nitrogens with one attached hydrogen (secondary N) is 1. The minimum absolute atomic E-state index is 0.0118. The van der Waals surface area contributed by atoms with Gasteiger partial charge in [-0.2, -0.15) is 0 Å². The average molecular weight is 383 g/mol. The zero-order valence-electron chi connectivity index (χ0n) is 11.1. The smallest absolute Gasteiger partial charge is 0.356 e. The Bertz CT molecular complexity index is 627. The number of anilines is 2. The number of halogens is 1. The Kier molecular flexibility index (Phi) is 4.53. The number of hydrogen-bond donors (Lipinski definition) is 2. The van der Waals surface area contributed by atoms with Gasteiger partial charge in [0.1, 0.15) is 5.82 Å². The van der Waals surface area contributed by atoms with Crippen LogP contribution in [0.2, 0.25) is 0 Å². The van der Waals surface area contributed by atoms with Crippen molar-refractivity contribution >= 4 is 39.9 Å². The summed E-state index contributed by atoms with van der Waals surface area (Å²) in [4.78, 5) is 19.6. The Morgan fingerprint density at radius 2 is 1.95 bits per heavy atom. The summed E-state index contributed by atoms with van der Waals surface area (Å²) < 4.78 is 1.11. The Hall–Kier alpha value is -1.70. The lowest BCUT2D eigenvalue weighted by Gasteiger charge is -2.11. The molecule has 0 saturated heterocycles. The first-order valence-corrected chi connectivity index (χ1v) is 7.18. The number of aromatic carboxylic acids is 1. The van der Waals surface area contributed by atoms with Crippen LogP contribution in [-0.2, 0) is 0 Å². The first-order valence-electron chi connectivity index (χ1n) is 6.10. The monoisotopic (exact) mass is 383 g/mol. The van der Waals surface area contributed by atoms with Crippen LogP contribution < -0.4 is 5.32 Å². The molecule has 0 unspecified atom stereocenters. The number of carboxylic acid groups (broad SMARTS) is 1. The van der Waals surface area contributed by atoms with Crippen molar-refractivity contribution < 1.29 is 9.90 Å². The van der Waals surface area contributed by atoms with Crippen LogP contribution in [0, 0.1) is 3.57 Å². The molecule has 0 saturated carbocycles. The molecule has 2 aromatic rings. The van der Waals surface area contributed by atoms with E-state index in [4.69, 9.17) is 0 Å². The van der Waals surface area contributed by atoms with Gasteiger partial charge in [0.15, 0.2) is 5.69 Å².